The Morgan fingerprint density at radius 2 is 2.14 bits per heavy atom. The van der Waals surface area contributed by atoms with Crippen molar-refractivity contribution in [2.24, 2.45) is 0 Å². The van der Waals surface area contributed by atoms with Crippen LogP contribution in [0.25, 0.3) is 0 Å². The lowest BCUT2D eigenvalue weighted by Gasteiger charge is -2.07. The van der Waals surface area contributed by atoms with Gasteiger partial charge >= 0.3 is 0 Å². The van der Waals surface area contributed by atoms with Gasteiger partial charge in [0, 0.05) is 21.9 Å². The molecule has 2 rings (SSSR count). The van der Waals surface area contributed by atoms with Gasteiger partial charge in [-0.3, -0.25) is 9.59 Å². The first kappa shape index (κ1) is 15.8. The van der Waals surface area contributed by atoms with Gasteiger partial charge in [-0.15, -0.1) is 0 Å². The van der Waals surface area contributed by atoms with Gasteiger partial charge in [-0.25, -0.2) is 4.98 Å². The van der Waals surface area contributed by atoms with Crippen LogP contribution in [-0.4, -0.2) is 21.6 Å². The van der Waals surface area contributed by atoms with Gasteiger partial charge in [0.25, 0.3) is 5.56 Å². The number of carbonyl (C=O) groups excluding carboxylic acids is 1. The minimum Gasteiger partial charge on any atom is -0.325 e. The van der Waals surface area contributed by atoms with Gasteiger partial charge in [0.2, 0.25) is 5.91 Å². The topological polar surface area (TPSA) is 74.8 Å². The van der Waals surface area contributed by atoms with Gasteiger partial charge < -0.3 is 10.3 Å². The Morgan fingerprint density at radius 3 is 2.81 bits per heavy atom. The highest BCUT2D eigenvalue weighted by Gasteiger charge is 2.06. The fraction of sp³-hybridized carbons (Fsp3) is 0.214. The van der Waals surface area contributed by atoms with E-state index in [9.17, 15) is 9.59 Å². The fourth-order valence-electron chi connectivity index (χ4n) is 1.67. The van der Waals surface area contributed by atoms with E-state index >= 15 is 0 Å². The highest BCUT2D eigenvalue weighted by Crippen LogP contribution is 2.20. The Balaban J connectivity index is 1.95. The van der Waals surface area contributed by atoms with Crippen molar-refractivity contribution in [3.8, 4) is 0 Å². The number of nitrogens with one attached hydrogen (secondary N) is 2. The molecular weight excluding hydrogens is 354 g/mol. The quantitative estimate of drug-likeness (QED) is 0.643. The first-order valence-electron chi connectivity index (χ1n) is 6.21. The normalized spacial score (nSPS) is 10.4. The summed E-state index contributed by atoms with van der Waals surface area (Å²) in [5.41, 5.74) is 2.20. The fourth-order valence-corrected chi connectivity index (χ4v) is 2.64. The van der Waals surface area contributed by atoms with Gasteiger partial charge in [-0.1, -0.05) is 27.7 Å². The van der Waals surface area contributed by atoms with E-state index in [1.807, 2.05) is 25.1 Å². The summed E-state index contributed by atoms with van der Waals surface area (Å²) in [5, 5.41) is 3.26. The SMILES string of the molecule is Cc1cc(=O)[nH]c(SCC(=O)Nc2ccc(Br)c(C)c2)n1. The van der Waals surface area contributed by atoms with Crippen LogP contribution in [0.5, 0.6) is 0 Å². The first-order valence-corrected chi connectivity index (χ1v) is 7.98. The predicted molar refractivity (Wildman–Crippen MR) is 87.8 cm³/mol. The van der Waals surface area contributed by atoms with Gasteiger partial charge in [0.1, 0.15) is 0 Å². The molecule has 1 aromatic heterocycles. The molecule has 5 nitrogen and oxygen atoms in total. The van der Waals surface area contributed by atoms with Gasteiger partial charge in [-0.2, -0.15) is 0 Å². The molecule has 2 N–H and O–H groups in total. The van der Waals surface area contributed by atoms with Gasteiger partial charge in [0.05, 0.1) is 5.75 Å². The minimum atomic E-state index is -0.214. The minimum absolute atomic E-state index is 0.147. The average molecular weight is 368 g/mol. The Hall–Kier alpha value is -1.60. The van der Waals surface area contributed by atoms with E-state index < -0.39 is 0 Å². The van der Waals surface area contributed by atoms with E-state index in [2.05, 4.69) is 31.2 Å². The molecule has 0 saturated carbocycles. The highest BCUT2D eigenvalue weighted by atomic mass is 79.9. The van der Waals surface area contributed by atoms with Crippen LogP contribution in [0.3, 0.4) is 0 Å². The van der Waals surface area contributed by atoms with Crippen LogP contribution >= 0.6 is 27.7 Å². The molecule has 21 heavy (non-hydrogen) atoms. The van der Waals surface area contributed by atoms with Crippen molar-refractivity contribution in [3.63, 3.8) is 0 Å². The summed E-state index contributed by atoms with van der Waals surface area (Å²) in [4.78, 5) is 29.9. The number of amides is 1. The summed E-state index contributed by atoms with van der Waals surface area (Å²) < 4.78 is 0.997. The predicted octanol–water partition coefficient (Wildman–Crippen LogP) is 2.88. The van der Waals surface area contributed by atoms with E-state index in [-0.39, 0.29) is 17.2 Å². The molecule has 2 aromatic rings. The molecule has 7 heteroatoms. The Bertz CT molecular complexity index is 730. The molecule has 0 atom stereocenters. The summed E-state index contributed by atoms with van der Waals surface area (Å²) in [6, 6.07) is 7.01. The molecule has 0 aliphatic carbocycles. The number of aryl methyl sites for hydroxylation is 2. The zero-order chi connectivity index (χ0) is 15.4. The van der Waals surface area contributed by atoms with Gasteiger partial charge in [-0.05, 0) is 37.6 Å². The van der Waals surface area contributed by atoms with Crippen molar-refractivity contribution < 1.29 is 4.79 Å². The molecule has 0 aliphatic heterocycles. The molecule has 1 amide bonds. The van der Waals surface area contributed by atoms with E-state index in [4.69, 9.17) is 0 Å². The lowest BCUT2D eigenvalue weighted by atomic mass is 10.2. The number of hydrogen-bond donors (Lipinski definition) is 2. The van der Waals surface area contributed by atoms with E-state index in [0.717, 1.165) is 15.7 Å². The smallest absolute Gasteiger partial charge is 0.251 e. The molecule has 0 aliphatic rings. The van der Waals surface area contributed by atoms with Crippen molar-refractivity contribution in [2.45, 2.75) is 19.0 Å². The van der Waals surface area contributed by atoms with Crippen molar-refractivity contribution in [3.05, 3.63) is 50.3 Å². The number of thioether (sulfide) groups is 1. The molecule has 110 valence electrons. The molecule has 0 saturated heterocycles. The van der Waals surface area contributed by atoms with Crippen LogP contribution in [0, 0.1) is 13.8 Å². The number of halogens is 1. The number of benzene rings is 1. The monoisotopic (exact) mass is 367 g/mol. The molecule has 0 unspecified atom stereocenters. The summed E-state index contributed by atoms with van der Waals surface area (Å²) in [7, 11) is 0. The van der Waals surface area contributed by atoms with E-state index in [0.29, 0.717) is 10.9 Å². The highest BCUT2D eigenvalue weighted by molar-refractivity contribution is 9.10. The second-order valence-electron chi connectivity index (χ2n) is 4.49. The van der Waals surface area contributed by atoms with Crippen LogP contribution in [0.15, 0.2) is 38.7 Å². The van der Waals surface area contributed by atoms with Crippen LogP contribution in [0.2, 0.25) is 0 Å². The number of nitrogens with zero attached hydrogens (tertiary/aromatic N) is 1. The third-order valence-electron chi connectivity index (χ3n) is 2.63. The molecule has 0 fully saturated rings. The van der Waals surface area contributed by atoms with Gasteiger partial charge in [0.15, 0.2) is 5.16 Å². The number of H-pyrrole nitrogens is 1. The van der Waals surface area contributed by atoms with Crippen LogP contribution in [0.1, 0.15) is 11.3 Å². The van der Waals surface area contributed by atoms with Crippen molar-refractivity contribution in [1.82, 2.24) is 9.97 Å². The Morgan fingerprint density at radius 1 is 1.38 bits per heavy atom. The number of rotatable bonds is 4. The molecule has 0 bridgehead atoms. The number of aromatic nitrogens is 2. The summed E-state index contributed by atoms with van der Waals surface area (Å²) >= 11 is 4.61. The first-order chi connectivity index (χ1) is 9.94. The molecular formula is C14H14BrN3O2S. The summed E-state index contributed by atoms with van der Waals surface area (Å²) in [6.07, 6.45) is 0. The maximum absolute atomic E-state index is 11.9. The van der Waals surface area contributed by atoms with Crippen molar-refractivity contribution >= 4 is 39.3 Å². The zero-order valence-corrected chi connectivity index (χ0v) is 14.0. The van der Waals surface area contributed by atoms with Crippen LogP contribution < -0.4 is 10.9 Å². The molecule has 0 radical (unpaired) electrons. The zero-order valence-electron chi connectivity index (χ0n) is 11.6. The number of carbonyl (C=O) groups is 1. The number of aromatic amines is 1. The second-order valence-corrected chi connectivity index (χ2v) is 6.31. The molecule has 1 heterocycles. The van der Waals surface area contributed by atoms with Crippen LogP contribution in [0.4, 0.5) is 5.69 Å². The number of hydrogen-bond acceptors (Lipinski definition) is 4. The van der Waals surface area contributed by atoms with Crippen molar-refractivity contribution in [2.75, 3.05) is 11.1 Å². The lowest BCUT2D eigenvalue weighted by molar-refractivity contribution is -0.113. The largest absolute Gasteiger partial charge is 0.325 e. The van der Waals surface area contributed by atoms with Crippen LogP contribution in [-0.2, 0) is 4.79 Å². The standard InChI is InChI=1S/C14H14BrN3O2S/c1-8-5-10(3-4-11(8)15)17-13(20)7-21-14-16-9(2)6-12(19)18-14/h3-6H,7H2,1-2H3,(H,17,20)(H,16,18,19). The maximum atomic E-state index is 11.9. The average Bonchev–Trinajstić information content (AvgIpc) is 2.40. The Kier molecular flexibility index (Phi) is 5.19. The summed E-state index contributed by atoms with van der Waals surface area (Å²) in [5.74, 6) is 0.0347. The third kappa shape index (κ3) is 4.71. The van der Waals surface area contributed by atoms with E-state index in [1.54, 1.807) is 6.92 Å². The van der Waals surface area contributed by atoms with E-state index in [1.165, 1.54) is 17.8 Å². The maximum Gasteiger partial charge on any atom is 0.251 e. The molecule has 0 spiro atoms. The third-order valence-corrected chi connectivity index (χ3v) is 4.39. The molecule has 1 aromatic carbocycles. The lowest BCUT2D eigenvalue weighted by Crippen LogP contribution is -2.15. The second kappa shape index (κ2) is 6.91. The Labute approximate surface area is 134 Å². The van der Waals surface area contributed by atoms with Crippen molar-refractivity contribution in [1.29, 1.82) is 0 Å². The number of anilines is 1. The summed E-state index contributed by atoms with van der Waals surface area (Å²) in [6.45, 7) is 3.69.